The molecule has 1 aromatic carbocycles. The molecule has 5 nitrogen and oxygen atoms in total. The average molecular weight is 353 g/mol. The third kappa shape index (κ3) is 3.27. The highest BCUT2D eigenvalue weighted by Gasteiger charge is 2.25. The van der Waals surface area contributed by atoms with Crippen LogP contribution in [0, 0.1) is 5.92 Å². The number of fused-ring (bicyclic) bond motifs is 1. The van der Waals surface area contributed by atoms with Gasteiger partial charge in [0.05, 0.1) is 11.4 Å². The summed E-state index contributed by atoms with van der Waals surface area (Å²) in [5, 5.41) is 5.52. The van der Waals surface area contributed by atoms with Crippen molar-refractivity contribution in [1.29, 1.82) is 0 Å². The van der Waals surface area contributed by atoms with Gasteiger partial charge in [-0.25, -0.2) is 0 Å². The van der Waals surface area contributed by atoms with Gasteiger partial charge in [-0.3, -0.25) is 9.59 Å². The van der Waals surface area contributed by atoms with E-state index in [2.05, 4.69) is 26.6 Å². The molecule has 0 aromatic heterocycles. The van der Waals surface area contributed by atoms with Crippen LogP contribution in [0.5, 0.6) is 0 Å². The summed E-state index contributed by atoms with van der Waals surface area (Å²) in [4.78, 5) is 23.4. The second-order valence-electron chi connectivity index (χ2n) is 5.43. The number of amides is 2. The van der Waals surface area contributed by atoms with Gasteiger partial charge in [-0.1, -0.05) is 22.0 Å². The van der Waals surface area contributed by atoms with Gasteiger partial charge < -0.3 is 15.4 Å². The van der Waals surface area contributed by atoms with E-state index < -0.39 is 0 Å². The molecular weight excluding hydrogens is 336 g/mol. The summed E-state index contributed by atoms with van der Waals surface area (Å²) in [5.74, 6) is -0.0349. The minimum atomic E-state index is -0.279. The third-order valence-corrected chi connectivity index (χ3v) is 5.19. The third-order valence-electron chi connectivity index (χ3n) is 3.91. The smallest absolute Gasteiger partial charge is 0.233 e. The van der Waals surface area contributed by atoms with Gasteiger partial charge in [0.15, 0.2) is 0 Å². The van der Waals surface area contributed by atoms with Crippen molar-refractivity contribution in [1.82, 2.24) is 0 Å². The Kier molecular flexibility index (Phi) is 4.26. The van der Waals surface area contributed by atoms with E-state index in [0.29, 0.717) is 17.3 Å². The topological polar surface area (TPSA) is 67.4 Å². The SMILES string of the molecule is O=C1CC(=O)Nc2cc(C(Br)C3CCOCC3)ccc2N1. The largest absolute Gasteiger partial charge is 0.381 e. The van der Waals surface area contributed by atoms with E-state index in [9.17, 15) is 9.59 Å². The van der Waals surface area contributed by atoms with Crippen LogP contribution >= 0.6 is 15.9 Å². The van der Waals surface area contributed by atoms with Crippen molar-refractivity contribution in [3.63, 3.8) is 0 Å². The minimum absolute atomic E-state index is 0.137. The summed E-state index contributed by atoms with van der Waals surface area (Å²) in [7, 11) is 0. The summed E-state index contributed by atoms with van der Waals surface area (Å²) in [6.45, 7) is 1.59. The first-order valence-electron chi connectivity index (χ1n) is 7.09. The fourth-order valence-electron chi connectivity index (χ4n) is 2.76. The van der Waals surface area contributed by atoms with Crippen LogP contribution in [0.4, 0.5) is 11.4 Å². The predicted molar refractivity (Wildman–Crippen MR) is 83.5 cm³/mol. The van der Waals surface area contributed by atoms with E-state index in [1.165, 1.54) is 0 Å². The second kappa shape index (κ2) is 6.15. The highest BCUT2D eigenvalue weighted by atomic mass is 79.9. The molecule has 2 N–H and O–H groups in total. The van der Waals surface area contributed by atoms with Crippen molar-refractivity contribution in [2.24, 2.45) is 5.92 Å². The summed E-state index contributed by atoms with van der Waals surface area (Å²) < 4.78 is 5.39. The molecule has 2 aliphatic rings. The molecule has 0 aliphatic carbocycles. The molecule has 2 amide bonds. The molecule has 1 fully saturated rings. The zero-order valence-electron chi connectivity index (χ0n) is 11.5. The number of hydrogen-bond acceptors (Lipinski definition) is 3. The number of halogens is 1. The maximum Gasteiger partial charge on any atom is 0.233 e. The minimum Gasteiger partial charge on any atom is -0.381 e. The molecule has 0 spiro atoms. The standard InChI is InChI=1S/C15H17BrN2O3/c16-15(9-3-5-21-6-4-9)10-1-2-11-12(7-10)18-14(20)8-13(19)17-11/h1-2,7,9,15H,3-6,8H2,(H,17,19)(H,18,20). The van der Waals surface area contributed by atoms with Crippen molar-refractivity contribution in [2.45, 2.75) is 24.1 Å². The van der Waals surface area contributed by atoms with E-state index in [0.717, 1.165) is 31.6 Å². The normalized spacial score (nSPS) is 21.0. The van der Waals surface area contributed by atoms with Crippen LogP contribution in [-0.2, 0) is 14.3 Å². The molecule has 0 saturated carbocycles. The molecule has 1 saturated heterocycles. The first-order chi connectivity index (χ1) is 10.1. The fourth-order valence-corrected chi connectivity index (χ4v) is 3.57. The van der Waals surface area contributed by atoms with E-state index in [1.54, 1.807) is 0 Å². The number of nitrogens with one attached hydrogen (secondary N) is 2. The molecular formula is C15H17BrN2O3. The number of carbonyl (C=O) groups excluding carboxylic acids is 2. The Hall–Kier alpha value is -1.40. The Morgan fingerprint density at radius 1 is 1.10 bits per heavy atom. The number of rotatable bonds is 2. The van der Waals surface area contributed by atoms with Gasteiger partial charge in [-0.05, 0) is 36.5 Å². The monoisotopic (exact) mass is 352 g/mol. The predicted octanol–water partition coefficient (Wildman–Crippen LogP) is 2.83. The quantitative estimate of drug-likeness (QED) is 0.635. The molecule has 0 radical (unpaired) electrons. The summed E-state index contributed by atoms with van der Waals surface area (Å²) in [5.41, 5.74) is 2.43. The molecule has 1 atom stereocenters. The Morgan fingerprint density at radius 3 is 2.48 bits per heavy atom. The summed E-state index contributed by atoms with van der Waals surface area (Å²) in [6, 6.07) is 5.78. The van der Waals surface area contributed by atoms with Crippen LogP contribution in [0.3, 0.4) is 0 Å². The van der Waals surface area contributed by atoms with Crippen LogP contribution < -0.4 is 10.6 Å². The lowest BCUT2D eigenvalue weighted by molar-refractivity contribution is -0.123. The highest BCUT2D eigenvalue weighted by Crippen LogP contribution is 2.39. The van der Waals surface area contributed by atoms with Crippen LogP contribution in [0.2, 0.25) is 0 Å². The van der Waals surface area contributed by atoms with Crippen molar-refractivity contribution < 1.29 is 14.3 Å². The van der Waals surface area contributed by atoms with Crippen molar-refractivity contribution in [3.8, 4) is 0 Å². The number of carbonyl (C=O) groups is 2. The first-order valence-corrected chi connectivity index (χ1v) is 8.00. The molecule has 2 heterocycles. The van der Waals surface area contributed by atoms with Crippen LogP contribution in [0.1, 0.15) is 29.7 Å². The van der Waals surface area contributed by atoms with Gasteiger partial charge in [-0.15, -0.1) is 0 Å². The van der Waals surface area contributed by atoms with Crippen molar-refractivity contribution in [2.75, 3.05) is 23.8 Å². The molecule has 0 bridgehead atoms. The maximum atomic E-state index is 11.6. The molecule has 112 valence electrons. The lowest BCUT2D eigenvalue weighted by Gasteiger charge is -2.27. The Balaban J connectivity index is 1.84. The molecule has 2 aliphatic heterocycles. The zero-order chi connectivity index (χ0) is 14.8. The molecule has 1 aromatic rings. The molecule has 21 heavy (non-hydrogen) atoms. The summed E-state index contributed by atoms with van der Waals surface area (Å²) >= 11 is 3.77. The van der Waals surface area contributed by atoms with E-state index in [4.69, 9.17) is 4.74 Å². The number of anilines is 2. The number of hydrogen-bond donors (Lipinski definition) is 2. The fraction of sp³-hybridized carbons (Fsp3) is 0.467. The van der Waals surface area contributed by atoms with E-state index in [1.807, 2.05) is 18.2 Å². The number of alkyl halides is 1. The van der Waals surface area contributed by atoms with Gasteiger partial charge in [0, 0.05) is 18.0 Å². The molecule has 3 rings (SSSR count). The van der Waals surface area contributed by atoms with E-state index >= 15 is 0 Å². The van der Waals surface area contributed by atoms with Crippen molar-refractivity contribution in [3.05, 3.63) is 23.8 Å². The van der Waals surface area contributed by atoms with Crippen LogP contribution in [-0.4, -0.2) is 25.0 Å². The van der Waals surface area contributed by atoms with Gasteiger partial charge in [0.2, 0.25) is 11.8 Å². The summed E-state index contributed by atoms with van der Waals surface area (Å²) in [6.07, 6.45) is 1.91. The van der Waals surface area contributed by atoms with Gasteiger partial charge >= 0.3 is 0 Å². The van der Waals surface area contributed by atoms with Crippen LogP contribution in [0.15, 0.2) is 18.2 Å². The highest BCUT2D eigenvalue weighted by molar-refractivity contribution is 9.09. The van der Waals surface area contributed by atoms with E-state index in [-0.39, 0.29) is 23.1 Å². The Labute approximate surface area is 131 Å². The zero-order valence-corrected chi connectivity index (χ0v) is 13.1. The number of benzene rings is 1. The Bertz CT molecular complexity index is 570. The lowest BCUT2D eigenvalue weighted by atomic mass is 9.92. The van der Waals surface area contributed by atoms with Gasteiger partial charge in [0.1, 0.15) is 6.42 Å². The molecule has 1 unspecified atom stereocenters. The Morgan fingerprint density at radius 2 is 1.76 bits per heavy atom. The molecule has 6 heteroatoms. The first kappa shape index (κ1) is 14.5. The van der Waals surface area contributed by atoms with Crippen molar-refractivity contribution >= 4 is 39.1 Å². The van der Waals surface area contributed by atoms with Crippen LogP contribution in [0.25, 0.3) is 0 Å². The lowest BCUT2D eigenvalue weighted by Crippen LogP contribution is -2.19. The number of ether oxygens (including phenoxy) is 1. The average Bonchev–Trinajstić information content (AvgIpc) is 2.63. The maximum absolute atomic E-state index is 11.6. The van der Waals surface area contributed by atoms with Gasteiger partial charge in [-0.2, -0.15) is 0 Å². The van der Waals surface area contributed by atoms with Gasteiger partial charge in [0.25, 0.3) is 0 Å². The second-order valence-corrected chi connectivity index (χ2v) is 6.42.